The quantitative estimate of drug-likeness (QED) is 0.907. The molecule has 0 radical (unpaired) electrons. The summed E-state index contributed by atoms with van der Waals surface area (Å²) in [7, 11) is -3.22. The van der Waals surface area contributed by atoms with E-state index < -0.39 is 15.9 Å². The molecule has 7 heteroatoms. The van der Waals surface area contributed by atoms with E-state index in [9.17, 15) is 13.2 Å². The molecule has 24 heavy (non-hydrogen) atoms. The van der Waals surface area contributed by atoms with E-state index in [-0.39, 0.29) is 24.0 Å². The van der Waals surface area contributed by atoms with Crippen LogP contribution in [-0.2, 0) is 21.2 Å². The molecule has 0 aliphatic carbocycles. The summed E-state index contributed by atoms with van der Waals surface area (Å²) >= 11 is 0. The lowest BCUT2D eigenvalue weighted by Crippen LogP contribution is -2.43. The maximum atomic E-state index is 12.2. The highest BCUT2D eigenvalue weighted by Gasteiger charge is 2.26. The first-order valence-electron chi connectivity index (χ1n) is 7.39. The van der Waals surface area contributed by atoms with Gasteiger partial charge in [0.05, 0.1) is 4.90 Å². The Bertz CT molecular complexity index is 846. The zero-order valence-electron chi connectivity index (χ0n) is 13.1. The molecule has 2 aromatic rings. The van der Waals surface area contributed by atoms with E-state index in [4.69, 9.17) is 9.47 Å². The van der Waals surface area contributed by atoms with Gasteiger partial charge in [0.15, 0.2) is 21.3 Å². The second kappa shape index (κ2) is 6.52. The van der Waals surface area contributed by atoms with Crippen LogP contribution in [0.2, 0.25) is 0 Å². The van der Waals surface area contributed by atoms with Gasteiger partial charge in [-0.1, -0.05) is 24.3 Å². The molecule has 0 spiro atoms. The molecule has 0 aromatic heterocycles. The Kier molecular flexibility index (Phi) is 4.44. The number of benzene rings is 2. The van der Waals surface area contributed by atoms with E-state index in [0.29, 0.717) is 11.5 Å². The molecule has 6 nitrogen and oxygen atoms in total. The van der Waals surface area contributed by atoms with E-state index in [1.807, 2.05) is 12.1 Å². The van der Waals surface area contributed by atoms with Crippen LogP contribution in [0.5, 0.6) is 11.5 Å². The molecule has 0 fully saturated rings. The van der Waals surface area contributed by atoms with Crippen molar-refractivity contribution in [2.45, 2.75) is 17.5 Å². The summed E-state index contributed by atoms with van der Waals surface area (Å²) in [5.41, 5.74) is 0.799. The normalized spacial score (nSPS) is 16.5. The molecule has 0 unspecified atom stereocenters. The molecule has 0 saturated heterocycles. The number of ether oxygens (including phenoxy) is 2. The molecule has 3 rings (SSSR count). The van der Waals surface area contributed by atoms with E-state index in [1.165, 1.54) is 12.1 Å². The Morgan fingerprint density at radius 2 is 1.79 bits per heavy atom. The largest absolute Gasteiger partial charge is 0.485 e. The molecule has 1 N–H and O–H groups in total. The smallest absolute Gasteiger partial charge is 0.264 e. The van der Waals surface area contributed by atoms with Gasteiger partial charge in [-0.3, -0.25) is 4.79 Å². The van der Waals surface area contributed by atoms with E-state index in [1.54, 1.807) is 24.3 Å². The lowest BCUT2D eigenvalue weighted by Gasteiger charge is -2.25. The Morgan fingerprint density at radius 3 is 2.46 bits per heavy atom. The minimum absolute atomic E-state index is 0.149. The van der Waals surface area contributed by atoms with Gasteiger partial charge in [0.1, 0.15) is 6.61 Å². The van der Waals surface area contributed by atoms with Gasteiger partial charge in [0.2, 0.25) is 6.10 Å². The fourth-order valence-electron chi connectivity index (χ4n) is 2.31. The standard InChI is InChI=1S/C17H17NO5S/c1-24(20,21)13-8-6-12(7-9-13)10-18-17(19)16-11-22-14-4-2-3-5-15(14)23-16/h2-9,16H,10-11H2,1H3,(H,18,19)/t16-/m1/s1. The minimum Gasteiger partial charge on any atom is -0.485 e. The summed E-state index contributed by atoms with van der Waals surface area (Å²) in [6.07, 6.45) is 0.442. The number of nitrogens with one attached hydrogen (secondary N) is 1. The molecule has 1 amide bonds. The van der Waals surface area contributed by atoms with Crippen molar-refractivity contribution in [2.24, 2.45) is 0 Å². The van der Waals surface area contributed by atoms with Crippen molar-refractivity contribution in [3.63, 3.8) is 0 Å². The number of para-hydroxylation sites is 2. The Hall–Kier alpha value is -2.54. The first kappa shape index (κ1) is 16.3. The minimum atomic E-state index is -3.22. The highest BCUT2D eigenvalue weighted by atomic mass is 32.2. The third kappa shape index (κ3) is 3.68. The highest BCUT2D eigenvalue weighted by Crippen LogP contribution is 2.30. The highest BCUT2D eigenvalue weighted by molar-refractivity contribution is 7.90. The topological polar surface area (TPSA) is 81.7 Å². The maximum absolute atomic E-state index is 12.2. The van der Waals surface area contributed by atoms with Crippen LogP contribution in [0.1, 0.15) is 5.56 Å². The second-order valence-electron chi connectivity index (χ2n) is 5.50. The van der Waals surface area contributed by atoms with Crippen molar-refractivity contribution >= 4 is 15.7 Å². The van der Waals surface area contributed by atoms with E-state index in [2.05, 4.69) is 5.32 Å². The van der Waals surface area contributed by atoms with Gasteiger partial charge in [-0.05, 0) is 29.8 Å². The fraction of sp³-hybridized carbons (Fsp3) is 0.235. The number of hydrogen-bond acceptors (Lipinski definition) is 5. The van der Waals surface area contributed by atoms with Crippen molar-refractivity contribution in [2.75, 3.05) is 12.9 Å². The summed E-state index contributed by atoms with van der Waals surface area (Å²) in [4.78, 5) is 12.4. The molecular formula is C17H17NO5S. The molecular weight excluding hydrogens is 330 g/mol. The zero-order chi connectivity index (χ0) is 17.2. The van der Waals surface area contributed by atoms with Crippen LogP contribution in [0.3, 0.4) is 0 Å². The third-order valence-electron chi connectivity index (χ3n) is 3.62. The molecule has 1 heterocycles. The van der Waals surface area contributed by atoms with Crippen LogP contribution >= 0.6 is 0 Å². The van der Waals surface area contributed by atoms with Gasteiger partial charge < -0.3 is 14.8 Å². The molecule has 1 aliphatic rings. The number of rotatable bonds is 4. The van der Waals surface area contributed by atoms with Crippen molar-refractivity contribution < 1.29 is 22.7 Å². The maximum Gasteiger partial charge on any atom is 0.264 e. The molecule has 2 aromatic carbocycles. The van der Waals surface area contributed by atoms with Gasteiger partial charge >= 0.3 is 0 Å². The summed E-state index contributed by atoms with van der Waals surface area (Å²) in [6.45, 7) is 0.431. The van der Waals surface area contributed by atoms with Crippen molar-refractivity contribution in [3.05, 3.63) is 54.1 Å². The van der Waals surface area contributed by atoms with Crippen LogP contribution < -0.4 is 14.8 Å². The lowest BCUT2D eigenvalue weighted by molar-refractivity contribution is -0.130. The van der Waals surface area contributed by atoms with Crippen LogP contribution in [-0.4, -0.2) is 33.3 Å². The second-order valence-corrected chi connectivity index (χ2v) is 7.51. The molecule has 0 bridgehead atoms. The Balaban J connectivity index is 1.58. The van der Waals surface area contributed by atoms with E-state index >= 15 is 0 Å². The van der Waals surface area contributed by atoms with E-state index in [0.717, 1.165) is 11.8 Å². The first-order valence-corrected chi connectivity index (χ1v) is 9.28. The van der Waals surface area contributed by atoms with Crippen molar-refractivity contribution in [3.8, 4) is 11.5 Å². The van der Waals surface area contributed by atoms with Gasteiger partial charge in [0, 0.05) is 12.8 Å². The fourth-order valence-corrected chi connectivity index (χ4v) is 2.94. The molecule has 1 aliphatic heterocycles. The van der Waals surface area contributed by atoms with Gasteiger partial charge in [-0.2, -0.15) is 0 Å². The number of amides is 1. The molecule has 1 atom stereocenters. The van der Waals surface area contributed by atoms with Crippen LogP contribution in [0.15, 0.2) is 53.4 Å². The van der Waals surface area contributed by atoms with Crippen molar-refractivity contribution in [1.82, 2.24) is 5.32 Å². The average molecular weight is 347 g/mol. The first-order chi connectivity index (χ1) is 11.4. The predicted octanol–water partition coefficient (Wildman–Crippen LogP) is 1.55. The summed E-state index contributed by atoms with van der Waals surface area (Å²) in [5.74, 6) is 0.885. The number of sulfone groups is 1. The van der Waals surface area contributed by atoms with Gasteiger partial charge in [-0.25, -0.2) is 8.42 Å². The van der Waals surface area contributed by atoms with Crippen LogP contribution in [0, 0.1) is 0 Å². The van der Waals surface area contributed by atoms with Gasteiger partial charge in [-0.15, -0.1) is 0 Å². The van der Waals surface area contributed by atoms with Gasteiger partial charge in [0.25, 0.3) is 5.91 Å². The third-order valence-corrected chi connectivity index (χ3v) is 4.75. The van der Waals surface area contributed by atoms with Crippen LogP contribution in [0.4, 0.5) is 0 Å². The number of carbonyl (C=O) groups is 1. The molecule has 126 valence electrons. The summed E-state index contributed by atoms with van der Waals surface area (Å²) in [6, 6.07) is 13.6. The number of fused-ring (bicyclic) bond motifs is 1. The molecule has 0 saturated carbocycles. The van der Waals surface area contributed by atoms with Crippen LogP contribution in [0.25, 0.3) is 0 Å². The average Bonchev–Trinajstić information content (AvgIpc) is 2.59. The predicted molar refractivity (Wildman–Crippen MR) is 87.8 cm³/mol. The monoisotopic (exact) mass is 347 g/mol. The number of hydrogen-bond donors (Lipinski definition) is 1. The SMILES string of the molecule is CS(=O)(=O)c1ccc(CNC(=O)[C@H]2COc3ccccc3O2)cc1. The summed E-state index contributed by atoms with van der Waals surface area (Å²) in [5, 5.41) is 2.76. The number of carbonyl (C=O) groups excluding carboxylic acids is 1. The Labute approximate surface area is 140 Å². The lowest BCUT2D eigenvalue weighted by atomic mass is 10.2. The summed E-state index contributed by atoms with van der Waals surface area (Å²) < 4.78 is 34.0. The van der Waals surface area contributed by atoms with Crippen molar-refractivity contribution in [1.29, 1.82) is 0 Å². The zero-order valence-corrected chi connectivity index (χ0v) is 13.9. The Morgan fingerprint density at radius 1 is 1.12 bits per heavy atom.